The molecule has 0 aliphatic carbocycles. The van der Waals surface area contributed by atoms with Gasteiger partial charge in [-0.05, 0) is 58.4 Å². The van der Waals surface area contributed by atoms with E-state index in [0.717, 1.165) is 22.6 Å². The van der Waals surface area contributed by atoms with Gasteiger partial charge < -0.3 is 9.47 Å². The molecule has 0 unspecified atom stereocenters. The maximum atomic E-state index is 5.97. The van der Waals surface area contributed by atoms with Gasteiger partial charge in [0.25, 0.3) is 0 Å². The number of ether oxygens (including phenoxy) is 2. The predicted molar refractivity (Wildman–Crippen MR) is 88.0 cm³/mol. The summed E-state index contributed by atoms with van der Waals surface area (Å²) < 4.78 is 11.9. The van der Waals surface area contributed by atoms with Crippen LogP contribution in [0.1, 0.15) is 34.6 Å². The van der Waals surface area contributed by atoms with Crippen molar-refractivity contribution < 1.29 is 9.47 Å². The largest absolute Gasteiger partial charge is 0.490 e. The molecule has 0 saturated heterocycles. The van der Waals surface area contributed by atoms with E-state index in [1.54, 1.807) is 0 Å². The molecule has 2 aromatic rings. The summed E-state index contributed by atoms with van der Waals surface area (Å²) in [5.74, 6) is 1.75. The van der Waals surface area contributed by atoms with E-state index in [9.17, 15) is 0 Å². The Hall–Kier alpha value is -1.96. The van der Waals surface area contributed by atoms with Gasteiger partial charge in [0.15, 0.2) is 0 Å². The summed E-state index contributed by atoms with van der Waals surface area (Å²) in [4.78, 5) is 0. The first-order valence-electron chi connectivity index (χ1n) is 7.40. The molecular formula is C19H24O2. The zero-order chi connectivity index (χ0) is 15.5. The van der Waals surface area contributed by atoms with Crippen LogP contribution in [0.5, 0.6) is 11.5 Å². The first-order chi connectivity index (χ1) is 9.85. The lowest BCUT2D eigenvalue weighted by Gasteiger charge is -2.23. The Balaban J connectivity index is 2.44. The van der Waals surface area contributed by atoms with Crippen molar-refractivity contribution >= 4 is 0 Å². The number of rotatable bonds is 4. The predicted octanol–water partition coefficient (Wildman–Crippen LogP) is 5.32. The van der Waals surface area contributed by atoms with Crippen molar-refractivity contribution in [1.29, 1.82) is 0 Å². The lowest BCUT2D eigenvalue weighted by molar-refractivity contribution is 0.130. The molecule has 0 amide bonds. The average Bonchev–Trinajstić information content (AvgIpc) is 2.39. The maximum absolute atomic E-state index is 5.97. The fourth-order valence-corrected chi connectivity index (χ4v) is 2.13. The highest BCUT2D eigenvalue weighted by Crippen LogP contribution is 2.35. The first-order valence-corrected chi connectivity index (χ1v) is 7.40. The first kappa shape index (κ1) is 15.4. The third kappa shape index (κ3) is 4.52. The third-order valence-electron chi connectivity index (χ3n) is 2.82. The van der Waals surface area contributed by atoms with E-state index in [4.69, 9.17) is 9.47 Å². The summed E-state index contributed by atoms with van der Waals surface area (Å²) in [5.41, 5.74) is 1.98. The third-order valence-corrected chi connectivity index (χ3v) is 2.82. The molecule has 0 heterocycles. The molecule has 112 valence electrons. The van der Waals surface area contributed by atoms with E-state index < -0.39 is 0 Å². The van der Waals surface area contributed by atoms with E-state index in [0.29, 0.717) is 0 Å². The molecule has 2 nitrogen and oxygen atoms in total. The van der Waals surface area contributed by atoms with Crippen molar-refractivity contribution in [2.75, 3.05) is 0 Å². The normalized spacial score (nSPS) is 11.5. The summed E-state index contributed by atoms with van der Waals surface area (Å²) in [6.45, 7) is 10.2. The summed E-state index contributed by atoms with van der Waals surface area (Å²) in [6.07, 6.45) is 0.141. The van der Waals surface area contributed by atoms with Crippen molar-refractivity contribution in [3.05, 3.63) is 48.5 Å². The average molecular weight is 284 g/mol. The van der Waals surface area contributed by atoms with E-state index >= 15 is 0 Å². The zero-order valence-electron chi connectivity index (χ0n) is 13.5. The topological polar surface area (TPSA) is 18.5 Å². The van der Waals surface area contributed by atoms with E-state index in [1.807, 2.05) is 65.0 Å². The number of benzene rings is 2. The van der Waals surface area contributed by atoms with Gasteiger partial charge in [0, 0.05) is 5.56 Å². The second kappa shape index (κ2) is 6.21. The summed E-state index contributed by atoms with van der Waals surface area (Å²) >= 11 is 0. The van der Waals surface area contributed by atoms with Gasteiger partial charge >= 0.3 is 0 Å². The highest BCUT2D eigenvalue weighted by molar-refractivity contribution is 5.72. The number of hydrogen-bond acceptors (Lipinski definition) is 2. The van der Waals surface area contributed by atoms with Gasteiger partial charge in [-0.3, -0.25) is 0 Å². The van der Waals surface area contributed by atoms with Crippen LogP contribution >= 0.6 is 0 Å². The molecule has 21 heavy (non-hydrogen) atoms. The molecule has 0 aliphatic rings. The van der Waals surface area contributed by atoms with Crippen LogP contribution in [0.25, 0.3) is 11.1 Å². The van der Waals surface area contributed by atoms with E-state index in [2.05, 4.69) is 18.2 Å². The summed E-state index contributed by atoms with van der Waals surface area (Å²) in [6, 6.07) is 16.3. The molecule has 0 N–H and O–H groups in total. The van der Waals surface area contributed by atoms with Crippen LogP contribution in [-0.4, -0.2) is 11.7 Å². The molecule has 0 atom stereocenters. The van der Waals surface area contributed by atoms with Crippen LogP contribution in [0, 0.1) is 0 Å². The van der Waals surface area contributed by atoms with Crippen molar-refractivity contribution in [3.63, 3.8) is 0 Å². The molecular weight excluding hydrogens is 260 g/mol. The molecule has 0 aliphatic heterocycles. The molecule has 0 radical (unpaired) electrons. The Morgan fingerprint density at radius 1 is 0.905 bits per heavy atom. The van der Waals surface area contributed by atoms with Gasteiger partial charge in [-0.2, -0.15) is 0 Å². The Morgan fingerprint density at radius 2 is 1.57 bits per heavy atom. The lowest BCUT2D eigenvalue weighted by atomic mass is 10.0. The minimum absolute atomic E-state index is 0.141. The van der Waals surface area contributed by atoms with Crippen LogP contribution in [-0.2, 0) is 0 Å². The van der Waals surface area contributed by atoms with Gasteiger partial charge in [0.2, 0.25) is 0 Å². The van der Waals surface area contributed by atoms with Gasteiger partial charge in [-0.25, -0.2) is 0 Å². The molecule has 0 spiro atoms. The zero-order valence-corrected chi connectivity index (χ0v) is 13.5. The standard InChI is InChI=1S/C19H24O2/c1-14(2)20-18-12-11-16(21-19(3,4)5)13-17(18)15-9-7-6-8-10-15/h6-14H,1-5H3. The maximum Gasteiger partial charge on any atom is 0.127 e. The lowest BCUT2D eigenvalue weighted by Crippen LogP contribution is -2.22. The van der Waals surface area contributed by atoms with Crippen molar-refractivity contribution in [2.24, 2.45) is 0 Å². The monoisotopic (exact) mass is 284 g/mol. The minimum Gasteiger partial charge on any atom is -0.490 e. The van der Waals surface area contributed by atoms with Crippen LogP contribution in [0.4, 0.5) is 0 Å². The fourth-order valence-electron chi connectivity index (χ4n) is 2.13. The SMILES string of the molecule is CC(C)Oc1ccc(OC(C)(C)C)cc1-c1ccccc1. The van der Waals surface area contributed by atoms with Crippen molar-refractivity contribution in [2.45, 2.75) is 46.3 Å². The molecule has 2 rings (SSSR count). The molecule has 0 bridgehead atoms. The molecule has 0 aromatic heterocycles. The summed E-state index contributed by atoms with van der Waals surface area (Å²) in [5, 5.41) is 0. The number of hydrogen-bond donors (Lipinski definition) is 0. The van der Waals surface area contributed by atoms with Crippen molar-refractivity contribution in [3.8, 4) is 22.6 Å². The molecule has 0 saturated carbocycles. The Labute approximate surface area is 127 Å². The fraction of sp³-hybridized carbons (Fsp3) is 0.368. The Bertz CT molecular complexity index is 580. The Morgan fingerprint density at radius 3 is 2.14 bits per heavy atom. The van der Waals surface area contributed by atoms with Gasteiger partial charge in [0.05, 0.1) is 6.10 Å². The van der Waals surface area contributed by atoms with Gasteiger partial charge in [0.1, 0.15) is 17.1 Å². The summed E-state index contributed by atoms with van der Waals surface area (Å²) in [7, 11) is 0. The second-order valence-corrected chi connectivity index (χ2v) is 6.41. The quantitative estimate of drug-likeness (QED) is 0.756. The van der Waals surface area contributed by atoms with E-state index in [-0.39, 0.29) is 11.7 Å². The van der Waals surface area contributed by atoms with Gasteiger partial charge in [-0.1, -0.05) is 30.3 Å². The van der Waals surface area contributed by atoms with Crippen LogP contribution in [0.2, 0.25) is 0 Å². The van der Waals surface area contributed by atoms with Crippen LogP contribution < -0.4 is 9.47 Å². The Kier molecular flexibility index (Phi) is 4.56. The van der Waals surface area contributed by atoms with Crippen LogP contribution in [0.3, 0.4) is 0 Å². The van der Waals surface area contributed by atoms with E-state index in [1.165, 1.54) is 0 Å². The van der Waals surface area contributed by atoms with Gasteiger partial charge in [-0.15, -0.1) is 0 Å². The molecule has 0 fully saturated rings. The minimum atomic E-state index is -0.214. The van der Waals surface area contributed by atoms with Crippen LogP contribution in [0.15, 0.2) is 48.5 Å². The van der Waals surface area contributed by atoms with Crippen molar-refractivity contribution in [1.82, 2.24) is 0 Å². The smallest absolute Gasteiger partial charge is 0.127 e. The molecule has 2 heteroatoms. The second-order valence-electron chi connectivity index (χ2n) is 6.41. The highest BCUT2D eigenvalue weighted by atomic mass is 16.5. The highest BCUT2D eigenvalue weighted by Gasteiger charge is 2.15. The molecule has 2 aromatic carbocycles.